The maximum Gasteiger partial charge on any atom is 0.338 e. The lowest BCUT2D eigenvalue weighted by atomic mass is 9.90. The Hall–Kier alpha value is -2.97. The number of amides is 1. The topological polar surface area (TPSA) is 206 Å². The Balaban J connectivity index is 1.61. The van der Waals surface area contributed by atoms with E-state index >= 15 is 0 Å². The van der Waals surface area contributed by atoms with Crippen molar-refractivity contribution in [3.05, 3.63) is 69.0 Å². The van der Waals surface area contributed by atoms with E-state index in [4.69, 9.17) is 13.8 Å². The van der Waals surface area contributed by atoms with Crippen molar-refractivity contribution in [3.8, 4) is 0 Å². The Labute approximate surface area is 242 Å². The lowest BCUT2D eigenvalue weighted by Gasteiger charge is -2.42. The van der Waals surface area contributed by atoms with Crippen LogP contribution in [0.25, 0.3) is 0 Å². The van der Waals surface area contributed by atoms with Gasteiger partial charge in [-0.2, -0.15) is 0 Å². The second-order valence-corrected chi connectivity index (χ2v) is 12.1. The molecule has 0 bridgehead atoms. The molecule has 2 aromatic rings. The quantitative estimate of drug-likeness (QED) is 0.127. The molecule has 42 heavy (non-hydrogen) atoms. The van der Waals surface area contributed by atoms with Gasteiger partial charge in [0.2, 0.25) is 5.91 Å². The molecular formula is C27H38N3O11P. The van der Waals surface area contributed by atoms with Crippen molar-refractivity contribution in [1.29, 1.82) is 0 Å². The van der Waals surface area contributed by atoms with Crippen molar-refractivity contribution < 1.29 is 43.3 Å². The summed E-state index contributed by atoms with van der Waals surface area (Å²) in [5, 5.41) is 32.7. The summed E-state index contributed by atoms with van der Waals surface area (Å²) < 4.78 is 31.9. The molecule has 14 nitrogen and oxygen atoms in total. The Morgan fingerprint density at radius 2 is 1.79 bits per heavy atom. The highest BCUT2D eigenvalue weighted by molar-refractivity contribution is 7.54. The predicted molar refractivity (Wildman–Crippen MR) is 150 cm³/mol. The van der Waals surface area contributed by atoms with Crippen LogP contribution in [0.3, 0.4) is 0 Å². The van der Waals surface area contributed by atoms with Gasteiger partial charge < -0.3 is 39.0 Å². The van der Waals surface area contributed by atoms with E-state index < -0.39 is 80.2 Å². The van der Waals surface area contributed by atoms with Crippen molar-refractivity contribution in [2.24, 2.45) is 0 Å². The maximum atomic E-state index is 13.7. The molecule has 0 radical (unpaired) electrons. The number of Topliss-reactive ketones (excluding diaryl/α,β-unsaturated/α-hetero) is 1. The number of aromatic nitrogens is 2. The normalized spacial score (nSPS) is 23.7. The molecule has 0 aliphatic carbocycles. The molecule has 1 saturated heterocycles. The first-order valence-electron chi connectivity index (χ1n) is 13.6. The fourth-order valence-electron chi connectivity index (χ4n) is 4.55. The van der Waals surface area contributed by atoms with Gasteiger partial charge in [0.05, 0.1) is 32.0 Å². The number of H-pyrrole nitrogens is 1. The molecule has 1 aliphatic rings. The highest BCUT2D eigenvalue weighted by Crippen LogP contribution is 2.49. The number of ether oxygens (including phenoxy) is 1. The fraction of sp³-hybridized carbons (Fsp3) is 0.556. The first kappa shape index (κ1) is 33.5. The smallest absolute Gasteiger partial charge is 0.338 e. The van der Waals surface area contributed by atoms with Gasteiger partial charge in [0.15, 0.2) is 0 Å². The summed E-state index contributed by atoms with van der Waals surface area (Å²) in [7, 11) is -3.97. The standard InChI is InChI=1S/C27H38N3O11P/c1-18(32)28-24-21(41-22(15-31)25(35)26(24)36)14-20(33)17-42(38,40-16-19-8-4-2-5-9-19)39-13-7-3-6-11-30-12-10-23(34)29-27(30)37/h2,4-5,8-10,12,21-22,24-26,31,35-36H,3,6-7,11,13-17H2,1H3,(H,28,32)(H,29,34,37)/t21-,22-,24+,25-,26-,42?/m1/s1. The number of benzene rings is 1. The van der Waals surface area contributed by atoms with Gasteiger partial charge in [-0.05, 0) is 24.8 Å². The number of aliphatic hydroxyl groups excluding tert-OH is 3. The molecule has 2 heterocycles. The van der Waals surface area contributed by atoms with Crippen LogP contribution in [-0.4, -0.2) is 86.4 Å². The van der Waals surface area contributed by atoms with Crippen LogP contribution in [0.15, 0.2) is 52.2 Å². The van der Waals surface area contributed by atoms with Gasteiger partial charge in [0.25, 0.3) is 5.56 Å². The molecule has 1 amide bonds. The van der Waals surface area contributed by atoms with Gasteiger partial charge in [-0.25, -0.2) is 4.79 Å². The van der Waals surface area contributed by atoms with E-state index in [9.17, 15) is 39.1 Å². The van der Waals surface area contributed by atoms with Crippen LogP contribution in [0.4, 0.5) is 0 Å². The van der Waals surface area contributed by atoms with Crippen molar-refractivity contribution in [2.45, 2.75) is 76.2 Å². The van der Waals surface area contributed by atoms with Crippen LogP contribution in [0, 0.1) is 0 Å². The minimum absolute atomic E-state index is 0.00576. The third kappa shape index (κ3) is 10.1. The van der Waals surface area contributed by atoms with Gasteiger partial charge >= 0.3 is 13.3 Å². The molecule has 1 aliphatic heterocycles. The predicted octanol–water partition coefficient (Wildman–Crippen LogP) is 0.0788. The van der Waals surface area contributed by atoms with Gasteiger partial charge in [-0.15, -0.1) is 0 Å². The summed E-state index contributed by atoms with van der Waals surface area (Å²) in [6, 6.07) is 9.01. The number of aryl methyl sites for hydroxylation is 1. The molecule has 232 valence electrons. The lowest BCUT2D eigenvalue weighted by molar-refractivity contribution is -0.196. The monoisotopic (exact) mass is 611 g/mol. The molecular weight excluding hydrogens is 573 g/mol. The summed E-state index contributed by atoms with van der Waals surface area (Å²) in [4.78, 5) is 50.0. The Kier molecular flexibility index (Phi) is 12.8. The number of carbonyl (C=O) groups is 2. The molecule has 3 rings (SSSR count). The zero-order valence-corrected chi connectivity index (χ0v) is 24.2. The molecule has 1 fully saturated rings. The molecule has 1 aromatic carbocycles. The highest BCUT2D eigenvalue weighted by Gasteiger charge is 2.45. The largest absolute Gasteiger partial charge is 0.394 e. The lowest BCUT2D eigenvalue weighted by Crippen LogP contribution is -2.64. The third-order valence-electron chi connectivity index (χ3n) is 6.70. The summed E-state index contributed by atoms with van der Waals surface area (Å²) in [5.74, 6) is -1.12. The SMILES string of the molecule is CC(=O)N[C@@H]1[C@@H](O)[C@H](O)[C@@H](CO)O[C@@H]1CC(=O)CP(=O)(OCCCCCn1ccc(=O)[nH]c1=O)OCc1ccccc1. The van der Waals surface area contributed by atoms with E-state index in [1.54, 1.807) is 24.3 Å². The summed E-state index contributed by atoms with van der Waals surface area (Å²) in [5.41, 5.74) is -0.274. The van der Waals surface area contributed by atoms with Crippen LogP contribution in [0.2, 0.25) is 0 Å². The number of rotatable bonds is 16. The minimum atomic E-state index is -3.97. The van der Waals surface area contributed by atoms with Crippen molar-refractivity contribution >= 4 is 19.3 Å². The fourth-order valence-corrected chi connectivity index (χ4v) is 6.12. The summed E-state index contributed by atoms with van der Waals surface area (Å²) in [6.45, 7) is 0.865. The summed E-state index contributed by atoms with van der Waals surface area (Å²) in [6.07, 6.45) is -3.30. The maximum absolute atomic E-state index is 13.7. The average molecular weight is 612 g/mol. The van der Waals surface area contributed by atoms with Gasteiger partial charge in [-0.1, -0.05) is 30.3 Å². The molecule has 5 N–H and O–H groups in total. The van der Waals surface area contributed by atoms with Crippen LogP contribution >= 0.6 is 7.60 Å². The number of nitrogens with one attached hydrogen (secondary N) is 2. The van der Waals surface area contributed by atoms with E-state index in [1.807, 2.05) is 6.07 Å². The second kappa shape index (κ2) is 16.0. The van der Waals surface area contributed by atoms with E-state index in [1.165, 1.54) is 23.8 Å². The molecule has 6 atom stereocenters. The van der Waals surface area contributed by atoms with E-state index in [0.29, 0.717) is 31.4 Å². The summed E-state index contributed by atoms with van der Waals surface area (Å²) >= 11 is 0. The van der Waals surface area contributed by atoms with E-state index in [0.717, 1.165) is 0 Å². The molecule has 0 spiro atoms. The van der Waals surface area contributed by atoms with Gasteiger partial charge in [0.1, 0.15) is 30.3 Å². The highest BCUT2D eigenvalue weighted by atomic mass is 31.2. The molecule has 1 unspecified atom stereocenters. The number of aromatic amines is 1. The van der Waals surface area contributed by atoms with Crippen LogP contribution in [-0.2, 0) is 41.1 Å². The molecule has 15 heteroatoms. The van der Waals surface area contributed by atoms with Crippen molar-refractivity contribution in [2.75, 3.05) is 19.4 Å². The van der Waals surface area contributed by atoms with Crippen LogP contribution < -0.4 is 16.6 Å². The van der Waals surface area contributed by atoms with Crippen LogP contribution in [0.5, 0.6) is 0 Å². The van der Waals surface area contributed by atoms with Crippen molar-refractivity contribution in [3.63, 3.8) is 0 Å². The number of hydrogen-bond acceptors (Lipinski definition) is 11. The Morgan fingerprint density at radius 3 is 2.45 bits per heavy atom. The first-order valence-corrected chi connectivity index (χ1v) is 15.4. The Bertz CT molecular complexity index is 1330. The van der Waals surface area contributed by atoms with Gasteiger partial charge in [0, 0.05) is 32.2 Å². The number of ketones is 1. The van der Waals surface area contributed by atoms with E-state index in [2.05, 4.69) is 10.3 Å². The minimum Gasteiger partial charge on any atom is -0.394 e. The van der Waals surface area contributed by atoms with Crippen molar-refractivity contribution in [1.82, 2.24) is 14.9 Å². The van der Waals surface area contributed by atoms with Gasteiger partial charge in [-0.3, -0.25) is 23.9 Å². The Morgan fingerprint density at radius 1 is 1.05 bits per heavy atom. The van der Waals surface area contributed by atoms with E-state index in [-0.39, 0.29) is 13.2 Å². The zero-order chi connectivity index (χ0) is 30.7. The third-order valence-corrected chi connectivity index (χ3v) is 8.54. The number of nitrogens with zero attached hydrogens (tertiary/aromatic N) is 1. The number of unbranched alkanes of at least 4 members (excludes halogenated alkanes) is 2. The second-order valence-electron chi connectivity index (χ2n) is 10.1. The number of aliphatic hydroxyl groups is 3. The molecule has 1 aromatic heterocycles. The number of hydrogen-bond donors (Lipinski definition) is 5. The van der Waals surface area contributed by atoms with Crippen LogP contribution in [0.1, 0.15) is 38.2 Å². The molecule has 0 saturated carbocycles. The zero-order valence-electron chi connectivity index (χ0n) is 23.3. The average Bonchev–Trinajstić information content (AvgIpc) is 2.95. The number of carbonyl (C=O) groups excluding carboxylic acids is 2. The first-order chi connectivity index (χ1) is 20.0.